The van der Waals surface area contributed by atoms with E-state index >= 15 is 0 Å². The maximum Gasteiger partial charge on any atom is 0.337 e. The van der Waals surface area contributed by atoms with Crippen molar-refractivity contribution in [2.24, 2.45) is 5.92 Å². The fourth-order valence-electron chi connectivity index (χ4n) is 2.80. The zero-order valence-electron chi connectivity index (χ0n) is 13.3. The molecule has 2 aromatic carbocycles. The number of hydrogen-bond donors (Lipinski definition) is 1. The lowest BCUT2D eigenvalue weighted by molar-refractivity contribution is -0.118. The molecule has 1 unspecified atom stereocenters. The van der Waals surface area contributed by atoms with Gasteiger partial charge < -0.3 is 10.1 Å². The van der Waals surface area contributed by atoms with Crippen molar-refractivity contribution in [1.29, 1.82) is 0 Å². The molecule has 2 aromatic rings. The molecular weight excluding hydrogens is 309 g/mol. The molecule has 0 heterocycles. The summed E-state index contributed by atoms with van der Waals surface area (Å²) in [5.74, 6) is -0.958. The third kappa shape index (κ3) is 3.62. The lowest BCUT2D eigenvalue weighted by atomic mass is 9.93. The molecule has 1 N–H and O–H groups in total. The smallest absolute Gasteiger partial charge is 0.337 e. The summed E-state index contributed by atoms with van der Waals surface area (Å²) in [6.45, 7) is 0. The minimum absolute atomic E-state index is 0.147. The molecule has 1 atom stereocenters. The molecule has 0 saturated heterocycles. The summed E-state index contributed by atoms with van der Waals surface area (Å²) in [7, 11) is 1.31. The molecule has 1 aliphatic carbocycles. The van der Waals surface area contributed by atoms with Crippen molar-refractivity contribution in [2.75, 3.05) is 12.4 Å². The third-order valence-electron chi connectivity index (χ3n) is 4.16. The van der Waals surface area contributed by atoms with E-state index in [2.05, 4.69) is 10.1 Å². The quantitative estimate of drug-likeness (QED) is 0.851. The number of esters is 1. The summed E-state index contributed by atoms with van der Waals surface area (Å²) in [5, 5.41) is 2.86. The van der Waals surface area contributed by atoms with Crippen molar-refractivity contribution in [3.05, 3.63) is 65.5 Å². The summed E-state index contributed by atoms with van der Waals surface area (Å²) in [6, 6.07) is 12.7. The number of hydrogen-bond acceptors (Lipinski definition) is 3. The molecule has 1 fully saturated rings. The topological polar surface area (TPSA) is 55.4 Å². The lowest BCUT2D eigenvalue weighted by Crippen LogP contribution is -2.23. The van der Waals surface area contributed by atoms with Crippen LogP contribution in [-0.2, 0) is 9.53 Å². The molecule has 1 amide bonds. The normalized spacial score (nSPS) is 14.8. The highest BCUT2D eigenvalue weighted by atomic mass is 19.1. The van der Waals surface area contributed by atoms with Gasteiger partial charge in [-0.05, 0) is 54.7 Å². The van der Waals surface area contributed by atoms with Gasteiger partial charge in [0.15, 0.2) is 0 Å². The van der Waals surface area contributed by atoms with E-state index in [0.717, 1.165) is 18.4 Å². The largest absolute Gasteiger partial charge is 0.465 e. The molecule has 0 aromatic heterocycles. The highest BCUT2D eigenvalue weighted by Crippen LogP contribution is 2.43. The number of benzene rings is 2. The van der Waals surface area contributed by atoms with Crippen LogP contribution in [0.2, 0.25) is 0 Å². The minimum atomic E-state index is -0.455. The van der Waals surface area contributed by atoms with Gasteiger partial charge in [0.25, 0.3) is 0 Å². The van der Waals surface area contributed by atoms with E-state index in [4.69, 9.17) is 0 Å². The monoisotopic (exact) mass is 327 g/mol. The second-order valence-electron chi connectivity index (χ2n) is 5.93. The van der Waals surface area contributed by atoms with Gasteiger partial charge in [0, 0.05) is 5.69 Å². The predicted molar refractivity (Wildman–Crippen MR) is 88.3 cm³/mol. The van der Waals surface area contributed by atoms with Gasteiger partial charge in [0.1, 0.15) is 5.82 Å². The number of carbonyl (C=O) groups excluding carboxylic acids is 2. The van der Waals surface area contributed by atoms with Crippen LogP contribution in [0.4, 0.5) is 10.1 Å². The van der Waals surface area contributed by atoms with Crippen LogP contribution in [0.25, 0.3) is 0 Å². The van der Waals surface area contributed by atoms with Crippen molar-refractivity contribution in [2.45, 2.75) is 18.8 Å². The van der Waals surface area contributed by atoms with E-state index < -0.39 is 5.97 Å². The van der Waals surface area contributed by atoms with Gasteiger partial charge in [-0.1, -0.05) is 18.2 Å². The van der Waals surface area contributed by atoms with Crippen LogP contribution in [-0.4, -0.2) is 19.0 Å². The first kappa shape index (κ1) is 16.2. The Morgan fingerprint density at radius 2 is 1.88 bits per heavy atom. The fraction of sp³-hybridized carbons (Fsp3) is 0.263. The average molecular weight is 327 g/mol. The van der Waals surface area contributed by atoms with Crippen LogP contribution in [0, 0.1) is 11.7 Å². The van der Waals surface area contributed by atoms with Crippen LogP contribution in [0.1, 0.15) is 34.7 Å². The van der Waals surface area contributed by atoms with Gasteiger partial charge in [0.05, 0.1) is 18.6 Å². The van der Waals surface area contributed by atoms with Crippen molar-refractivity contribution >= 4 is 17.6 Å². The Labute approximate surface area is 139 Å². The molecule has 3 rings (SSSR count). The van der Waals surface area contributed by atoms with Crippen molar-refractivity contribution in [3.63, 3.8) is 0 Å². The molecule has 0 spiro atoms. The Hall–Kier alpha value is -2.69. The second-order valence-corrected chi connectivity index (χ2v) is 5.93. The van der Waals surface area contributed by atoms with Gasteiger partial charge in [-0.2, -0.15) is 0 Å². The van der Waals surface area contributed by atoms with Crippen LogP contribution in [0.15, 0.2) is 48.5 Å². The van der Waals surface area contributed by atoms with E-state index in [-0.39, 0.29) is 23.6 Å². The number of anilines is 1. The Balaban J connectivity index is 1.79. The van der Waals surface area contributed by atoms with E-state index in [1.807, 2.05) is 0 Å². The summed E-state index contributed by atoms with van der Waals surface area (Å²) in [5.41, 5.74) is 1.72. The van der Waals surface area contributed by atoms with Gasteiger partial charge in [-0.3, -0.25) is 4.79 Å². The number of nitrogens with one attached hydrogen (secondary N) is 1. The van der Waals surface area contributed by atoms with Gasteiger partial charge in [0.2, 0.25) is 5.91 Å². The van der Waals surface area contributed by atoms with Gasteiger partial charge in [-0.25, -0.2) is 9.18 Å². The maximum atomic E-state index is 13.1. The zero-order chi connectivity index (χ0) is 17.1. The summed E-state index contributed by atoms with van der Waals surface area (Å²) in [6.07, 6.45) is 1.97. The highest BCUT2D eigenvalue weighted by molar-refractivity contribution is 5.98. The van der Waals surface area contributed by atoms with Crippen LogP contribution in [0.5, 0.6) is 0 Å². The second kappa shape index (κ2) is 6.83. The van der Waals surface area contributed by atoms with E-state index in [1.165, 1.54) is 19.2 Å². The molecule has 0 radical (unpaired) electrons. The van der Waals surface area contributed by atoms with E-state index in [0.29, 0.717) is 11.3 Å². The first-order valence-corrected chi connectivity index (χ1v) is 7.83. The van der Waals surface area contributed by atoms with Gasteiger partial charge >= 0.3 is 5.97 Å². The van der Waals surface area contributed by atoms with Crippen molar-refractivity contribution in [1.82, 2.24) is 0 Å². The van der Waals surface area contributed by atoms with Crippen LogP contribution in [0.3, 0.4) is 0 Å². The average Bonchev–Trinajstić information content (AvgIpc) is 3.41. The molecule has 24 heavy (non-hydrogen) atoms. The van der Waals surface area contributed by atoms with E-state index in [9.17, 15) is 14.0 Å². The van der Waals surface area contributed by atoms with Crippen molar-refractivity contribution in [3.8, 4) is 0 Å². The maximum absolute atomic E-state index is 13.1. The number of carbonyl (C=O) groups is 2. The molecule has 5 heteroatoms. The Morgan fingerprint density at radius 3 is 2.50 bits per heavy atom. The molecule has 1 saturated carbocycles. The Morgan fingerprint density at radius 1 is 1.17 bits per heavy atom. The van der Waals surface area contributed by atoms with Crippen LogP contribution >= 0.6 is 0 Å². The molecule has 1 aliphatic rings. The first-order valence-electron chi connectivity index (χ1n) is 7.83. The summed E-state index contributed by atoms with van der Waals surface area (Å²) >= 11 is 0. The summed E-state index contributed by atoms with van der Waals surface area (Å²) < 4.78 is 17.8. The molecule has 4 nitrogen and oxygen atoms in total. The standard InChI is InChI=1S/C19H18FNO3/c1-24-19(23)14-3-2-4-16(11-14)21-18(22)17(12-5-6-12)13-7-9-15(20)10-8-13/h2-4,7-12,17H,5-6H2,1H3,(H,21,22). The zero-order valence-corrected chi connectivity index (χ0v) is 13.3. The number of amides is 1. The van der Waals surface area contributed by atoms with Gasteiger partial charge in [-0.15, -0.1) is 0 Å². The fourth-order valence-corrected chi connectivity index (χ4v) is 2.80. The minimum Gasteiger partial charge on any atom is -0.465 e. The molecule has 0 aliphatic heterocycles. The van der Waals surface area contributed by atoms with Crippen molar-refractivity contribution < 1.29 is 18.7 Å². The highest BCUT2D eigenvalue weighted by Gasteiger charge is 2.37. The Bertz CT molecular complexity index is 753. The first-order chi connectivity index (χ1) is 11.6. The van der Waals surface area contributed by atoms with Crippen LogP contribution < -0.4 is 5.32 Å². The SMILES string of the molecule is COC(=O)c1cccc(NC(=O)C(c2ccc(F)cc2)C2CC2)c1. The number of halogens is 1. The Kier molecular flexibility index (Phi) is 4.60. The number of rotatable bonds is 5. The molecular formula is C19H18FNO3. The van der Waals surface area contributed by atoms with E-state index in [1.54, 1.807) is 36.4 Å². The predicted octanol–water partition coefficient (Wildman–Crippen LogP) is 3.74. The summed E-state index contributed by atoms with van der Waals surface area (Å²) in [4.78, 5) is 24.3. The number of ether oxygens (including phenoxy) is 1. The molecule has 124 valence electrons. The molecule has 0 bridgehead atoms. The third-order valence-corrected chi connectivity index (χ3v) is 4.16. The lowest BCUT2D eigenvalue weighted by Gasteiger charge is -2.17. The number of methoxy groups -OCH3 is 1.